The Morgan fingerprint density at radius 2 is 1.84 bits per heavy atom. The molecule has 96 valence electrons. The maximum absolute atomic E-state index is 13.9. The molecule has 0 heterocycles. The molecule has 0 spiro atoms. The van der Waals surface area contributed by atoms with Crippen LogP contribution >= 0.6 is 15.9 Å². The summed E-state index contributed by atoms with van der Waals surface area (Å²) < 4.78 is 32.6. The number of halogens is 3. The van der Waals surface area contributed by atoms with Crippen molar-refractivity contribution in [1.29, 1.82) is 5.26 Å². The number of nitrogens with zero attached hydrogens (tertiary/aromatic N) is 1. The van der Waals surface area contributed by atoms with E-state index in [1.165, 1.54) is 25.3 Å². The van der Waals surface area contributed by atoms with Crippen molar-refractivity contribution < 1.29 is 13.5 Å². The van der Waals surface area contributed by atoms with Crippen LogP contribution in [0.1, 0.15) is 5.56 Å². The summed E-state index contributed by atoms with van der Waals surface area (Å²) in [7, 11) is 1.41. The van der Waals surface area contributed by atoms with E-state index in [4.69, 9.17) is 10.00 Å². The van der Waals surface area contributed by atoms with E-state index in [1.807, 2.05) is 6.07 Å². The number of ether oxygens (including phenoxy) is 1. The van der Waals surface area contributed by atoms with Crippen LogP contribution in [0, 0.1) is 23.0 Å². The summed E-state index contributed by atoms with van der Waals surface area (Å²) in [4.78, 5) is 0. The molecule has 0 N–H and O–H groups in total. The normalized spacial score (nSPS) is 10.1. The van der Waals surface area contributed by atoms with Crippen molar-refractivity contribution in [3.05, 3.63) is 52.0 Å². The molecule has 0 unspecified atom stereocenters. The lowest BCUT2D eigenvalue weighted by Gasteiger charge is -2.10. The highest BCUT2D eigenvalue weighted by atomic mass is 79.9. The summed E-state index contributed by atoms with van der Waals surface area (Å²) in [5, 5.41) is 8.81. The van der Waals surface area contributed by atoms with Crippen molar-refractivity contribution in [2.45, 2.75) is 0 Å². The van der Waals surface area contributed by atoms with Crippen LogP contribution < -0.4 is 4.74 Å². The minimum Gasteiger partial charge on any atom is -0.496 e. The zero-order chi connectivity index (χ0) is 14.0. The first-order valence-corrected chi connectivity index (χ1v) is 6.09. The Morgan fingerprint density at radius 1 is 1.11 bits per heavy atom. The van der Waals surface area contributed by atoms with Crippen LogP contribution in [0.3, 0.4) is 0 Å². The molecule has 0 aliphatic heterocycles. The van der Waals surface area contributed by atoms with Crippen molar-refractivity contribution in [1.82, 2.24) is 0 Å². The number of hydrogen-bond acceptors (Lipinski definition) is 2. The number of nitriles is 1. The molecular weight excluding hydrogens is 316 g/mol. The van der Waals surface area contributed by atoms with Gasteiger partial charge in [0.1, 0.15) is 17.4 Å². The molecule has 2 rings (SSSR count). The van der Waals surface area contributed by atoms with Crippen LogP contribution in [0.2, 0.25) is 0 Å². The van der Waals surface area contributed by atoms with E-state index >= 15 is 0 Å². The second-order valence-electron chi connectivity index (χ2n) is 3.77. The highest BCUT2D eigenvalue weighted by Crippen LogP contribution is 2.34. The molecule has 0 aromatic heterocycles. The molecule has 0 amide bonds. The number of rotatable bonds is 2. The average molecular weight is 324 g/mol. The molecule has 0 atom stereocenters. The van der Waals surface area contributed by atoms with E-state index in [1.54, 1.807) is 0 Å². The maximum Gasteiger partial charge on any atom is 0.138 e. The first-order chi connectivity index (χ1) is 9.06. The molecule has 0 radical (unpaired) electrons. The Bertz CT molecular complexity index is 680. The fourth-order valence-electron chi connectivity index (χ4n) is 1.71. The average Bonchev–Trinajstić information content (AvgIpc) is 2.42. The predicted octanol–water partition coefficient (Wildman–Crippen LogP) is 4.27. The molecule has 0 bridgehead atoms. The lowest BCUT2D eigenvalue weighted by Crippen LogP contribution is -1.93. The van der Waals surface area contributed by atoms with Gasteiger partial charge in [-0.25, -0.2) is 8.78 Å². The zero-order valence-corrected chi connectivity index (χ0v) is 11.5. The van der Waals surface area contributed by atoms with Crippen molar-refractivity contribution in [3.63, 3.8) is 0 Å². The van der Waals surface area contributed by atoms with Gasteiger partial charge < -0.3 is 4.74 Å². The molecule has 0 aliphatic rings. The van der Waals surface area contributed by atoms with E-state index in [2.05, 4.69) is 15.9 Å². The van der Waals surface area contributed by atoms with Gasteiger partial charge in [0.2, 0.25) is 0 Å². The first kappa shape index (κ1) is 13.5. The number of benzene rings is 2. The molecule has 0 aliphatic carbocycles. The van der Waals surface area contributed by atoms with Crippen molar-refractivity contribution in [2.75, 3.05) is 7.11 Å². The lowest BCUT2D eigenvalue weighted by atomic mass is 10.0. The molecular formula is C14H8BrF2NO. The topological polar surface area (TPSA) is 33.0 Å². The van der Waals surface area contributed by atoms with Crippen LogP contribution in [0.15, 0.2) is 34.8 Å². The Hall–Kier alpha value is -1.93. The van der Waals surface area contributed by atoms with E-state index < -0.39 is 11.6 Å². The summed E-state index contributed by atoms with van der Waals surface area (Å²) in [6.07, 6.45) is 0. The van der Waals surface area contributed by atoms with E-state index in [9.17, 15) is 8.78 Å². The summed E-state index contributed by atoms with van der Waals surface area (Å²) in [5.41, 5.74) is 0.867. The summed E-state index contributed by atoms with van der Waals surface area (Å²) >= 11 is 2.92. The minimum absolute atomic E-state index is 0.0568. The molecule has 0 saturated carbocycles. The van der Waals surface area contributed by atoms with E-state index in [-0.39, 0.29) is 10.0 Å². The third kappa shape index (κ3) is 2.59. The number of hydrogen-bond donors (Lipinski definition) is 0. The van der Waals surface area contributed by atoms with Crippen LogP contribution in [0.25, 0.3) is 11.1 Å². The smallest absolute Gasteiger partial charge is 0.138 e. The summed E-state index contributed by atoms with van der Waals surface area (Å²) in [6, 6.07) is 8.64. The predicted molar refractivity (Wildman–Crippen MR) is 70.8 cm³/mol. The van der Waals surface area contributed by atoms with Crippen LogP contribution in [-0.4, -0.2) is 7.11 Å². The minimum atomic E-state index is -0.573. The first-order valence-electron chi connectivity index (χ1n) is 5.30. The van der Waals surface area contributed by atoms with Crippen LogP contribution in [0.4, 0.5) is 8.78 Å². The van der Waals surface area contributed by atoms with Crippen molar-refractivity contribution in [3.8, 4) is 22.9 Å². The Morgan fingerprint density at radius 3 is 2.47 bits per heavy atom. The fourth-order valence-corrected chi connectivity index (χ4v) is 2.03. The van der Waals surface area contributed by atoms with Gasteiger partial charge in [-0.2, -0.15) is 5.26 Å². The Kier molecular flexibility index (Phi) is 3.82. The Labute approximate surface area is 117 Å². The van der Waals surface area contributed by atoms with Gasteiger partial charge in [-0.3, -0.25) is 0 Å². The van der Waals surface area contributed by atoms with Gasteiger partial charge in [0.25, 0.3) is 0 Å². The molecule has 5 heteroatoms. The second kappa shape index (κ2) is 5.37. The fraction of sp³-hybridized carbons (Fsp3) is 0.0714. The summed E-state index contributed by atoms with van der Waals surface area (Å²) in [6.45, 7) is 0. The van der Waals surface area contributed by atoms with Gasteiger partial charge in [-0.15, -0.1) is 0 Å². The van der Waals surface area contributed by atoms with Crippen LogP contribution in [0.5, 0.6) is 5.75 Å². The van der Waals surface area contributed by atoms with Gasteiger partial charge in [0, 0.05) is 11.1 Å². The molecule has 2 aromatic rings. The highest BCUT2D eigenvalue weighted by Gasteiger charge is 2.14. The molecule has 2 aromatic carbocycles. The van der Waals surface area contributed by atoms with E-state index in [0.717, 1.165) is 12.1 Å². The van der Waals surface area contributed by atoms with Crippen molar-refractivity contribution >= 4 is 15.9 Å². The third-order valence-electron chi connectivity index (χ3n) is 2.63. The zero-order valence-electron chi connectivity index (χ0n) is 9.88. The Balaban J connectivity index is 2.65. The largest absolute Gasteiger partial charge is 0.496 e. The number of methoxy groups -OCH3 is 1. The van der Waals surface area contributed by atoms with Crippen LogP contribution in [-0.2, 0) is 0 Å². The van der Waals surface area contributed by atoms with Gasteiger partial charge in [-0.1, -0.05) is 0 Å². The third-order valence-corrected chi connectivity index (χ3v) is 3.24. The highest BCUT2D eigenvalue weighted by molar-refractivity contribution is 9.10. The molecule has 2 nitrogen and oxygen atoms in total. The monoisotopic (exact) mass is 323 g/mol. The molecule has 0 saturated heterocycles. The lowest BCUT2D eigenvalue weighted by molar-refractivity contribution is 0.416. The second-order valence-corrected chi connectivity index (χ2v) is 4.63. The van der Waals surface area contributed by atoms with E-state index in [0.29, 0.717) is 16.9 Å². The van der Waals surface area contributed by atoms with Gasteiger partial charge in [-0.05, 0) is 46.3 Å². The quantitative estimate of drug-likeness (QED) is 0.773. The SMILES string of the molecule is COc1cc(C#N)ccc1-c1cc(F)c(Br)cc1F. The van der Waals surface area contributed by atoms with Crippen molar-refractivity contribution in [2.24, 2.45) is 0 Å². The summed E-state index contributed by atoms with van der Waals surface area (Å²) in [5.74, 6) is -0.821. The van der Waals surface area contributed by atoms with Gasteiger partial charge in [0.05, 0.1) is 23.2 Å². The van der Waals surface area contributed by atoms with Gasteiger partial charge in [0.15, 0.2) is 0 Å². The standard InChI is InChI=1S/C14H8BrF2NO/c1-19-14-4-8(7-18)2-3-9(14)10-5-13(17)11(15)6-12(10)16/h2-6H,1H3. The molecule has 19 heavy (non-hydrogen) atoms. The molecule has 0 fully saturated rings. The maximum atomic E-state index is 13.9. The van der Waals surface area contributed by atoms with Gasteiger partial charge >= 0.3 is 0 Å².